The van der Waals surface area contributed by atoms with E-state index < -0.39 is 0 Å². The van der Waals surface area contributed by atoms with Crippen molar-refractivity contribution in [2.75, 3.05) is 9.71 Å². The summed E-state index contributed by atoms with van der Waals surface area (Å²) in [5.74, 6) is 0. The molecule has 262 valence electrons. The third-order valence-corrected chi connectivity index (χ3v) is 13.8. The predicted molar refractivity (Wildman–Crippen MR) is 222 cm³/mol. The summed E-state index contributed by atoms with van der Waals surface area (Å²) in [6.07, 6.45) is 4.98. The van der Waals surface area contributed by atoms with E-state index in [1.54, 1.807) is 5.56 Å². The van der Waals surface area contributed by atoms with Crippen LogP contribution in [0.4, 0.5) is 22.7 Å². The van der Waals surface area contributed by atoms with E-state index in [1.807, 2.05) is 0 Å². The fraction of sp³-hybridized carbons (Fsp3) is 0.375. The van der Waals surface area contributed by atoms with Crippen LogP contribution in [0.15, 0.2) is 83.3 Å². The second kappa shape index (κ2) is 10.2. The van der Waals surface area contributed by atoms with Crippen molar-refractivity contribution in [2.45, 2.75) is 117 Å². The molecule has 1 aliphatic carbocycles. The van der Waals surface area contributed by atoms with Crippen molar-refractivity contribution in [1.82, 2.24) is 0 Å². The monoisotopic (exact) mass is 682 g/mol. The van der Waals surface area contributed by atoms with Gasteiger partial charge < -0.3 is 14.1 Å². The molecule has 6 aromatic rings. The van der Waals surface area contributed by atoms with Crippen LogP contribution in [0, 0.1) is 13.8 Å². The van der Waals surface area contributed by atoms with E-state index in [-0.39, 0.29) is 28.6 Å². The van der Waals surface area contributed by atoms with Crippen LogP contribution in [-0.4, -0.2) is 12.4 Å². The summed E-state index contributed by atoms with van der Waals surface area (Å²) >= 11 is 0. The molecular weight excluding hydrogens is 631 g/mol. The molecule has 52 heavy (non-hydrogen) atoms. The standard InChI is InChI=1S/C48H51BN2O/c1-28-23-34-32-18-20-40-41(33-15-11-12-16-39(33)52-40)43(32)51(37-19-17-30(25-29(37)2)45(3,4)5)49-36-27-31(46(6,7)8)26-35-44(36)50(38(24-28)42(34)49)48(10)22-14-13-21-47(35,48)9/h11-12,15-20,23-27H,13-14,21-22H2,1-10H3. The van der Waals surface area contributed by atoms with Gasteiger partial charge in [-0.25, -0.2) is 0 Å². The highest BCUT2D eigenvalue weighted by Gasteiger charge is 2.62. The summed E-state index contributed by atoms with van der Waals surface area (Å²) in [6, 6.07) is 30.6. The van der Waals surface area contributed by atoms with Crippen LogP contribution in [0.5, 0.6) is 0 Å². The Hall–Kier alpha value is -4.44. The summed E-state index contributed by atoms with van der Waals surface area (Å²) < 4.78 is 6.65. The van der Waals surface area contributed by atoms with Crippen molar-refractivity contribution in [2.24, 2.45) is 0 Å². The highest BCUT2D eigenvalue weighted by molar-refractivity contribution is 6.94. The van der Waals surface area contributed by atoms with Crippen LogP contribution in [0.1, 0.15) is 109 Å². The maximum absolute atomic E-state index is 6.65. The molecule has 1 saturated carbocycles. The molecule has 0 amide bonds. The van der Waals surface area contributed by atoms with E-state index in [1.165, 1.54) is 104 Å². The number of hydrogen-bond donors (Lipinski definition) is 0. The largest absolute Gasteiger partial charge is 0.456 e. The molecule has 0 saturated heterocycles. The van der Waals surface area contributed by atoms with Gasteiger partial charge in [-0.3, -0.25) is 0 Å². The minimum absolute atomic E-state index is 0.00352. The van der Waals surface area contributed by atoms with E-state index in [2.05, 4.69) is 158 Å². The average Bonchev–Trinajstić information content (AvgIpc) is 3.57. The Kier molecular flexibility index (Phi) is 6.30. The number of aryl methyl sites for hydroxylation is 2. The van der Waals surface area contributed by atoms with E-state index in [0.717, 1.165) is 11.2 Å². The summed E-state index contributed by atoms with van der Waals surface area (Å²) in [5.41, 5.74) is 19.9. The molecule has 2 unspecified atom stereocenters. The molecule has 3 aliphatic heterocycles. The molecule has 0 bridgehead atoms. The van der Waals surface area contributed by atoms with Crippen molar-refractivity contribution in [3.8, 4) is 11.1 Å². The molecule has 4 aliphatic rings. The topological polar surface area (TPSA) is 19.6 Å². The molecule has 4 heterocycles. The van der Waals surface area contributed by atoms with Gasteiger partial charge in [-0.2, -0.15) is 0 Å². The SMILES string of the molecule is Cc1cc2c3c(c1)N1c4c(cc(C(C)(C)C)cc4C4(C)CCCCC14C)B3N(c1ccc(C(C)(C)C)cc1C)c1c-2ccc2oc3ccccc3c12. The van der Waals surface area contributed by atoms with E-state index in [4.69, 9.17) is 4.42 Å². The first-order valence-electron chi connectivity index (χ1n) is 19.6. The number of hydrogen-bond acceptors (Lipinski definition) is 3. The zero-order valence-corrected chi connectivity index (χ0v) is 32.7. The van der Waals surface area contributed by atoms with Crippen molar-refractivity contribution >= 4 is 62.5 Å². The third-order valence-electron chi connectivity index (χ3n) is 13.8. The van der Waals surface area contributed by atoms with E-state index in [0.29, 0.717) is 0 Å². The lowest BCUT2D eigenvalue weighted by Gasteiger charge is -2.53. The van der Waals surface area contributed by atoms with Crippen LogP contribution in [0.25, 0.3) is 33.1 Å². The van der Waals surface area contributed by atoms with Gasteiger partial charge >= 0.3 is 6.85 Å². The Morgan fingerprint density at radius 1 is 0.692 bits per heavy atom. The Balaban J connectivity index is 1.40. The number of fused-ring (bicyclic) bond motifs is 11. The second-order valence-corrected chi connectivity index (χ2v) is 19.1. The van der Waals surface area contributed by atoms with Gasteiger partial charge in [0.1, 0.15) is 11.2 Å². The van der Waals surface area contributed by atoms with Crippen molar-refractivity contribution in [3.05, 3.63) is 107 Å². The van der Waals surface area contributed by atoms with E-state index >= 15 is 0 Å². The van der Waals surface area contributed by atoms with E-state index in [9.17, 15) is 0 Å². The highest BCUT2D eigenvalue weighted by atomic mass is 16.3. The first-order chi connectivity index (χ1) is 24.6. The molecule has 2 atom stereocenters. The fourth-order valence-electron chi connectivity index (χ4n) is 10.8. The van der Waals surface area contributed by atoms with Gasteiger partial charge in [0.15, 0.2) is 0 Å². The average molecular weight is 683 g/mol. The Morgan fingerprint density at radius 3 is 2.19 bits per heavy atom. The fourth-order valence-corrected chi connectivity index (χ4v) is 10.8. The van der Waals surface area contributed by atoms with Crippen LogP contribution >= 0.6 is 0 Å². The Bertz CT molecular complexity index is 2530. The van der Waals surface area contributed by atoms with Gasteiger partial charge in [0.05, 0.1) is 10.9 Å². The molecule has 1 fully saturated rings. The number of rotatable bonds is 1. The zero-order valence-electron chi connectivity index (χ0n) is 32.7. The molecule has 4 heteroatoms. The lowest BCUT2D eigenvalue weighted by atomic mass is 9.43. The smallest absolute Gasteiger partial charge is 0.333 e. The van der Waals surface area contributed by atoms with Crippen molar-refractivity contribution < 1.29 is 4.42 Å². The highest BCUT2D eigenvalue weighted by Crippen LogP contribution is 2.63. The summed E-state index contributed by atoms with van der Waals surface area (Å²) in [4.78, 5) is 5.60. The van der Waals surface area contributed by atoms with Gasteiger partial charge in [0, 0.05) is 39.1 Å². The van der Waals surface area contributed by atoms with Gasteiger partial charge in [0.2, 0.25) is 0 Å². The second-order valence-electron chi connectivity index (χ2n) is 19.1. The zero-order chi connectivity index (χ0) is 36.3. The molecule has 1 aromatic heterocycles. The molecule has 5 aromatic carbocycles. The summed E-state index contributed by atoms with van der Waals surface area (Å²) in [7, 11) is 0. The summed E-state index contributed by atoms with van der Waals surface area (Å²) in [6.45, 7) is 24.0. The number of para-hydroxylation sites is 1. The van der Waals surface area contributed by atoms with Gasteiger partial charge in [-0.15, -0.1) is 0 Å². The molecule has 10 rings (SSSR count). The normalized spacial score (nSPS) is 21.8. The third kappa shape index (κ3) is 3.99. The minimum Gasteiger partial charge on any atom is -0.456 e. The molecule has 3 nitrogen and oxygen atoms in total. The van der Waals surface area contributed by atoms with Gasteiger partial charge in [-0.05, 0) is 119 Å². The lowest BCUT2D eigenvalue weighted by Crippen LogP contribution is -2.65. The van der Waals surface area contributed by atoms with Crippen molar-refractivity contribution in [3.63, 3.8) is 0 Å². The van der Waals surface area contributed by atoms with Crippen LogP contribution in [-0.2, 0) is 16.2 Å². The Morgan fingerprint density at radius 2 is 1.44 bits per heavy atom. The number of nitrogens with zero attached hydrogens (tertiary/aromatic N) is 2. The first-order valence-corrected chi connectivity index (χ1v) is 19.6. The van der Waals surface area contributed by atoms with Crippen LogP contribution < -0.4 is 20.6 Å². The first kappa shape index (κ1) is 32.2. The maximum Gasteiger partial charge on any atom is 0.333 e. The molecule has 0 radical (unpaired) electrons. The molecule has 0 spiro atoms. The van der Waals surface area contributed by atoms with Crippen LogP contribution in [0.2, 0.25) is 0 Å². The lowest BCUT2D eigenvalue weighted by molar-refractivity contribution is 0.195. The molecule has 0 N–H and O–H groups in total. The predicted octanol–water partition coefficient (Wildman–Crippen LogP) is 11.8. The summed E-state index contributed by atoms with van der Waals surface area (Å²) in [5, 5.41) is 2.39. The van der Waals surface area contributed by atoms with Gasteiger partial charge in [-0.1, -0.05) is 110 Å². The number of furan rings is 1. The van der Waals surface area contributed by atoms with Crippen LogP contribution in [0.3, 0.4) is 0 Å². The molecular formula is C48H51BN2O. The number of benzene rings is 5. The minimum atomic E-state index is -0.00846. The maximum atomic E-state index is 6.65. The Labute approximate surface area is 310 Å². The quantitative estimate of drug-likeness (QED) is 0.161. The number of anilines is 4. The van der Waals surface area contributed by atoms with Gasteiger partial charge in [0.25, 0.3) is 0 Å². The van der Waals surface area contributed by atoms with Crippen molar-refractivity contribution in [1.29, 1.82) is 0 Å².